The topological polar surface area (TPSA) is 81.2 Å². The van der Waals surface area contributed by atoms with Crippen molar-refractivity contribution in [2.75, 3.05) is 0 Å². The molecule has 0 aliphatic rings. The third kappa shape index (κ3) is 5.49. The Morgan fingerprint density at radius 3 is 1.42 bits per heavy atom. The molecule has 0 saturated heterocycles. The van der Waals surface area contributed by atoms with Gasteiger partial charge in [-0.1, -0.05) is 13.8 Å². The Labute approximate surface area is 73.5 Å². The van der Waals surface area contributed by atoms with Crippen molar-refractivity contribution in [2.45, 2.75) is 52.1 Å². The van der Waals surface area contributed by atoms with E-state index in [0.717, 1.165) is 0 Å². The maximum Gasteiger partial charge on any atom is 0.165 e. The summed E-state index contributed by atoms with van der Waals surface area (Å²) in [4.78, 5) is 0. The molecule has 4 heteroatoms. The summed E-state index contributed by atoms with van der Waals surface area (Å²) >= 11 is 0. The van der Waals surface area contributed by atoms with Crippen LogP contribution in [0.3, 0.4) is 0 Å². The summed E-state index contributed by atoms with van der Waals surface area (Å²) in [5.74, 6) is -2.45. The molecule has 0 bridgehead atoms. The molecule has 4 nitrogen and oxygen atoms in total. The van der Waals surface area contributed by atoms with E-state index in [0.29, 0.717) is 12.8 Å². The van der Waals surface area contributed by atoms with Gasteiger partial charge in [0.05, 0.1) is 0 Å². The minimum absolute atomic E-state index is 0. The van der Waals surface area contributed by atoms with E-state index < -0.39 is 11.6 Å². The van der Waals surface area contributed by atoms with E-state index in [1.807, 2.05) is 0 Å². The highest BCUT2D eigenvalue weighted by molar-refractivity contribution is 4.64. The second-order valence-corrected chi connectivity index (χ2v) is 3.16. The van der Waals surface area contributed by atoms with Gasteiger partial charge in [-0.15, -0.1) is 0 Å². The summed E-state index contributed by atoms with van der Waals surface area (Å²) in [5.41, 5.74) is 0. The summed E-state index contributed by atoms with van der Waals surface area (Å²) in [7, 11) is 0. The molecule has 12 heavy (non-hydrogen) atoms. The van der Waals surface area contributed by atoms with Gasteiger partial charge in [0.15, 0.2) is 11.6 Å². The van der Waals surface area contributed by atoms with Gasteiger partial charge in [0.2, 0.25) is 0 Å². The Morgan fingerprint density at radius 2 is 1.25 bits per heavy atom. The minimum Gasteiger partial charge on any atom is -0.412 e. The number of hydrogen-bond donors (Lipinski definition) is 2. The van der Waals surface area contributed by atoms with Gasteiger partial charge in [-0.25, -0.2) is 0 Å². The lowest BCUT2D eigenvalue weighted by atomic mass is 10.2. The van der Waals surface area contributed by atoms with Gasteiger partial charge in [0.1, 0.15) is 0 Å². The molecule has 0 rings (SSSR count). The summed E-state index contributed by atoms with van der Waals surface area (Å²) in [6.07, 6.45) is 0.923. The van der Waals surface area contributed by atoms with Gasteiger partial charge in [-0.05, 0) is 26.7 Å². The first-order chi connectivity index (χ1) is 4.83. The van der Waals surface area contributed by atoms with E-state index in [2.05, 4.69) is 0 Å². The highest BCUT2D eigenvalue weighted by Gasteiger charge is 2.29. The smallest absolute Gasteiger partial charge is 0.165 e. The Bertz CT molecular complexity index is 106. The fourth-order valence-electron chi connectivity index (χ4n) is 0.618. The molecular formula is C8H20O4. The molecule has 76 valence electrons. The van der Waals surface area contributed by atoms with Crippen molar-refractivity contribution in [2.24, 2.45) is 0 Å². The lowest BCUT2D eigenvalue weighted by Gasteiger charge is -2.31. The van der Waals surface area contributed by atoms with Crippen LogP contribution in [-0.4, -0.2) is 27.3 Å². The molecule has 0 saturated carbocycles. The van der Waals surface area contributed by atoms with Gasteiger partial charge in [0, 0.05) is 0 Å². The average Bonchev–Trinajstić information content (AvgIpc) is 1.86. The molecule has 0 aliphatic heterocycles. The molecule has 0 amide bonds. The third-order valence-electron chi connectivity index (χ3n) is 1.75. The van der Waals surface area contributed by atoms with Gasteiger partial charge >= 0.3 is 0 Å². The van der Waals surface area contributed by atoms with Crippen LogP contribution >= 0.6 is 0 Å². The molecule has 2 unspecified atom stereocenters. The maximum absolute atomic E-state index is 9.41. The van der Waals surface area contributed by atoms with Crippen LogP contribution in [0.15, 0.2) is 0 Å². The molecule has 0 radical (unpaired) electrons. The van der Waals surface area contributed by atoms with Crippen LogP contribution < -0.4 is 0 Å². The van der Waals surface area contributed by atoms with Crippen molar-refractivity contribution in [3.05, 3.63) is 0 Å². The van der Waals surface area contributed by atoms with E-state index in [4.69, 9.17) is 4.74 Å². The predicted octanol–water partition coefficient (Wildman–Crippen LogP) is 0.415. The van der Waals surface area contributed by atoms with Crippen LogP contribution in [0.2, 0.25) is 0 Å². The van der Waals surface area contributed by atoms with Crippen molar-refractivity contribution >= 4 is 0 Å². The predicted molar refractivity (Wildman–Crippen MR) is 46.5 cm³/mol. The zero-order valence-electron chi connectivity index (χ0n) is 8.22. The van der Waals surface area contributed by atoms with E-state index in [-0.39, 0.29) is 5.48 Å². The molecule has 0 aromatic rings. The molecule has 4 N–H and O–H groups in total. The number of rotatable bonds is 4. The second-order valence-electron chi connectivity index (χ2n) is 3.16. The first kappa shape index (κ1) is 14.4. The molecule has 0 aromatic heterocycles. The van der Waals surface area contributed by atoms with Crippen LogP contribution in [-0.2, 0) is 4.74 Å². The lowest BCUT2D eigenvalue weighted by Crippen LogP contribution is -2.40. The molecule has 0 aromatic carbocycles. The number of aliphatic hydroxyl groups is 2. The second kappa shape index (κ2) is 4.77. The Kier molecular flexibility index (Phi) is 5.71. The van der Waals surface area contributed by atoms with Gasteiger partial charge in [0.25, 0.3) is 0 Å². The Hall–Kier alpha value is -0.160. The molecule has 0 spiro atoms. The molecule has 0 fully saturated rings. The Balaban J connectivity index is 0. The highest BCUT2D eigenvalue weighted by atomic mass is 16.7. The van der Waals surface area contributed by atoms with Crippen LogP contribution in [0.1, 0.15) is 40.5 Å². The quantitative estimate of drug-likeness (QED) is 0.615. The average molecular weight is 180 g/mol. The van der Waals surface area contributed by atoms with Gasteiger partial charge < -0.3 is 20.4 Å². The molecule has 0 aliphatic carbocycles. The van der Waals surface area contributed by atoms with E-state index in [9.17, 15) is 10.2 Å². The molecule has 2 atom stereocenters. The van der Waals surface area contributed by atoms with E-state index in [1.165, 1.54) is 13.8 Å². The highest BCUT2D eigenvalue weighted by Crippen LogP contribution is 2.21. The summed E-state index contributed by atoms with van der Waals surface area (Å²) in [5, 5.41) is 18.8. The molecule has 0 heterocycles. The standard InChI is InChI=1S/C8H18O3.H2O/c1-5-7(3,9)11-8(4,10)6-2;/h9-10H,5-6H2,1-4H3;1H2. The monoisotopic (exact) mass is 180 g/mol. The Morgan fingerprint density at radius 1 is 1.00 bits per heavy atom. The van der Waals surface area contributed by atoms with Crippen LogP contribution in [0.4, 0.5) is 0 Å². The van der Waals surface area contributed by atoms with Gasteiger partial charge in [-0.2, -0.15) is 0 Å². The van der Waals surface area contributed by atoms with Crippen molar-refractivity contribution in [1.29, 1.82) is 0 Å². The fraction of sp³-hybridized carbons (Fsp3) is 1.00. The van der Waals surface area contributed by atoms with Crippen LogP contribution in [0.5, 0.6) is 0 Å². The van der Waals surface area contributed by atoms with Crippen LogP contribution in [0, 0.1) is 0 Å². The summed E-state index contributed by atoms with van der Waals surface area (Å²) in [6, 6.07) is 0. The van der Waals surface area contributed by atoms with Crippen molar-refractivity contribution in [3.63, 3.8) is 0 Å². The zero-order chi connectivity index (χ0) is 9.12. The van der Waals surface area contributed by atoms with Crippen molar-refractivity contribution in [3.8, 4) is 0 Å². The van der Waals surface area contributed by atoms with E-state index in [1.54, 1.807) is 13.8 Å². The first-order valence-electron chi connectivity index (χ1n) is 3.98. The number of ether oxygens (including phenoxy) is 1. The van der Waals surface area contributed by atoms with Crippen molar-refractivity contribution in [1.82, 2.24) is 0 Å². The maximum atomic E-state index is 9.41. The summed E-state index contributed by atoms with van der Waals surface area (Å²) < 4.78 is 5.03. The van der Waals surface area contributed by atoms with Crippen molar-refractivity contribution < 1.29 is 20.4 Å². The number of hydrogen-bond acceptors (Lipinski definition) is 3. The SMILES string of the molecule is CCC(C)(O)OC(C)(O)CC.O. The minimum atomic E-state index is -1.22. The lowest BCUT2D eigenvalue weighted by molar-refractivity contribution is -0.320. The molecular weight excluding hydrogens is 160 g/mol. The summed E-state index contributed by atoms with van der Waals surface area (Å²) in [6.45, 7) is 6.67. The largest absolute Gasteiger partial charge is 0.412 e. The third-order valence-corrected chi connectivity index (χ3v) is 1.75. The van der Waals surface area contributed by atoms with E-state index >= 15 is 0 Å². The normalized spacial score (nSPS) is 20.5. The zero-order valence-corrected chi connectivity index (χ0v) is 8.22. The fourth-order valence-corrected chi connectivity index (χ4v) is 0.618. The first-order valence-corrected chi connectivity index (χ1v) is 3.98. The van der Waals surface area contributed by atoms with Crippen LogP contribution in [0.25, 0.3) is 0 Å². The van der Waals surface area contributed by atoms with Gasteiger partial charge in [-0.3, -0.25) is 0 Å².